The average molecular weight is 369 g/mol. The molecule has 2 aromatic rings. The Morgan fingerprint density at radius 2 is 1.78 bits per heavy atom. The third-order valence-corrected chi connectivity index (χ3v) is 4.90. The molecule has 1 fully saturated rings. The van der Waals surface area contributed by atoms with Gasteiger partial charge in [0.1, 0.15) is 12.4 Å². The molecule has 1 unspecified atom stereocenters. The monoisotopic (exact) mass is 369 g/mol. The van der Waals surface area contributed by atoms with E-state index >= 15 is 0 Å². The van der Waals surface area contributed by atoms with Crippen LogP contribution in [0.15, 0.2) is 48.8 Å². The minimum Gasteiger partial charge on any atom is -0.492 e. The minimum atomic E-state index is -0.177. The molecule has 0 radical (unpaired) electrons. The first kappa shape index (κ1) is 19.1. The van der Waals surface area contributed by atoms with E-state index in [4.69, 9.17) is 4.74 Å². The van der Waals surface area contributed by atoms with E-state index in [2.05, 4.69) is 14.9 Å². The lowest BCUT2D eigenvalue weighted by Crippen LogP contribution is -2.54. The molecule has 0 N–H and O–H groups in total. The molecule has 0 saturated carbocycles. The number of carbonyl (C=O) groups excluding carboxylic acids is 1. The highest BCUT2D eigenvalue weighted by Crippen LogP contribution is 2.12. The van der Waals surface area contributed by atoms with Crippen LogP contribution in [0, 0.1) is 0 Å². The molecule has 7 heteroatoms. The number of carbonyl (C=O) groups is 1. The maximum atomic E-state index is 12.8. The first-order valence-corrected chi connectivity index (χ1v) is 9.34. The van der Waals surface area contributed by atoms with Crippen molar-refractivity contribution in [3.05, 3.63) is 48.8 Å². The van der Waals surface area contributed by atoms with E-state index in [0.29, 0.717) is 26.2 Å². The standard InChI is InChI=1S/C20H27N5O2/c1-17(23(2)15-16-27-18-7-4-3-5-8-18)19(26)24-11-13-25(14-12-24)20-21-9-6-10-22-20/h3-10,17H,11-16H2,1-2H3. The third-order valence-electron chi connectivity index (χ3n) is 4.90. The van der Waals surface area contributed by atoms with Crippen LogP contribution in [0.25, 0.3) is 0 Å². The fourth-order valence-electron chi connectivity index (χ4n) is 3.05. The lowest BCUT2D eigenvalue weighted by molar-refractivity contribution is -0.136. The number of likely N-dealkylation sites (N-methyl/N-ethyl adjacent to an activating group) is 1. The van der Waals surface area contributed by atoms with Crippen LogP contribution in [0.4, 0.5) is 5.95 Å². The number of rotatable bonds is 7. The van der Waals surface area contributed by atoms with E-state index in [0.717, 1.165) is 24.8 Å². The molecule has 0 spiro atoms. The van der Waals surface area contributed by atoms with Crippen LogP contribution >= 0.6 is 0 Å². The highest BCUT2D eigenvalue weighted by molar-refractivity contribution is 5.81. The summed E-state index contributed by atoms with van der Waals surface area (Å²) in [6.07, 6.45) is 3.49. The van der Waals surface area contributed by atoms with Crippen LogP contribution in [-0.4, -0.2) is 78.1 Å². The molecule has 1 aliphatic rings. The largest absolute Gasteiger partial charge is 0.492 e. The van der Waals surface area contributed by atoms with Gasteiger partial charge in [0.2, 0.25) is 11.9 Å². The molecule has 1 aromatic heterocycles. The van der Waals surface area contributed by atoms with Gasteiger partial charge in [-0.2, -0.15) is 0 Å². The van der Waals surface area contributed by atoms with Crippen molar-refractivity contribution in [1.29, 1.82) is 0 Å². The summed E-state index contributed by atoms with van der Waals surface area (Å²) >= 11 is 0. The van der Waals surface area contributed by atoms with Gasteiger partial charge in [0.25, 0.3) is 0 Å². The van der Waals surface area contributed by atoms with Crippen molar-refractivity contribution < 1.29 is 9.53 Å². The minimum absolute atomic E-state index is 0.158. The Morgan fingerprint density at radius 1 is 1.11 bits per heavy atom. The van der Waals surface area contributed by atoms with Gasteiger partial charge in [0, 0.05) is 45.1 Å². The summed E-state index contributed by atoms with van der Waals surface area (Å²) in [6.45, 7) is 6.09. The number of hydrogen-bond acceptors (Lipinski definition) is 6. The highest BCUT2D eigenvalue weighted by Gasteiger charge is 2.27. The number of piperazine rings is 1. The SMILES string of the molecule is CC(C(=O)N1CCN(c2ncccn2)CC1)N(C)CCOc1ccccc1. The zero-order valence-electron chi connectivity index (χ0n) is 16.0. The van der Waals surface area contributed by atoms with Gasteiger partial charge >= 0.3 is 0 Å². The van der Waals surface area contributed by atoms with E-state index in [1.165, 1.54) is 0 Å². The van der Waals surface area contributed by atoms with Gasteiger partial charge in [-0.3, -0.25) is 9.69 Å². The topological polar surface area (TPSA) is 61.8 Å². The summed E-state index contributed by atoms with van der Waals surface area (Å²) in [7, 11) is 1.96. The van der Waals surface area contributed by atoms with Crippen molar-refractivity contribution in [2.24, 2.45) is 0 Å². The fraction of sp³-hybridized carbons (Fsp3) is 0.450. The molecule has 27 heavy (non-hydrogen) atoms. The molecule has 0 aliphatic carbocycles. The van der Waals surface area contributed by atoms with Crippen LogP contribution in [-0.2, 0) is 4.79 Å². The molecule has 2 heterocycles. The summed E-state index contributed by atoms with van der Waals surface area (Å²) in [5.74, 6) is 1.74. The first-order valence-electron chi connectivity index (χ1n) is 9.34. The quantitative estimate of drug-likeness (QED) is 0.738. The van der Waals surface area contributed by atoms with E-state index < -0.39 is 0 Å². The summed E-state index contributed by atoms with van der Waals surface area (Å²) in [5, 5.41) is 0. The Hall–Kier alpha value is -2.67. The summed E-state index contributed by atoms with van der Waals surface area (Å²) in [4.78, 5) is 27.5. The van der Waals surface area contributed by atoms with Gasteiger partial charge in [0.05, 0.1) is 6.04 Å². The molecular formula is C20H27N5O2. The van der Waals surface area contributed by atoms with Crippen molar-refractivity contribution in [2.75, 3.05) is 51.3 Å². The third kappa shape index (κ3) is 5.17. The predicted octanol–water partition coefficient (Wildman–Crippen LogP) is 1.52. The van der Waals surface area contributed by atoms with E-state index in [1.807, 2.05) is 60.2 Å². The Labute approximate surface area is 160 Å². The molecular weight excluding hydrogens is 342 g/mol. The molecule has 1 aliphatic heterocycles. The number of amides is 1. The van der Waals surface area contributed by atoms with Gasteiger partial charge in [-0.25, -0.2) is 9.97 Å². The summed E-state index contributed by atoms with van der Waals surface area (Å²) in [6, 6.07) is 11.4. The Kier molecular flexibility index (Phi) is 6.59. The fourth-order valence-corrected chi connectivity index (χ4v) is 3.05. The number of hydrogen-bond donors (Lipinski definition) is 0. The van der Waals surface area contributed by atoms with Crippen molar-refractivity contribution in [2.45, 2.75) is 13.0 Å². The Balaban J connectivity index is 1.43. The lowest BCUT2D eigenvalue weighted by atomic mass is 10.2. The second kappa shape index (κ2) is 9.32. The smallest absolute Gasteiger partial charge is 0.239 e. The summed E-state index contributed by atoms with van der Waals surface area (Å²) in [5.41, 5.74) is 0. The number of ether oxygens (including phenoxy) is 1. The molecule has 1 amide bonds. The maximum absolute atomic E-state index is 12.8. The second-order valence-electron chi connectivity index (χ2n) is 6.68. The molecule has 1 atom stereocenters. The number of anilines is 1. The predicted molar refractivity (Wildman–Crippen MR) is 105 cm³/mol. The van der Waals surface area contributed by atoms with Gasteiger partial charge in [0.15, 0.2) is 0 Å². The van der Waals surface area contributed by atoms with Gasteiger partial charge in [-0.15, -0.1) is 0 Å². The zero-order valence-corrected chi connectivity index (χ0v) is 16.0. The molecule has 0 bridgehead atoms. The second-order valence-corrected chi connectivity index (χ2v) is 6.68. The Bertz CT molecular complexity index is 705. The van der Waals surface area contributed by atoms with Crippen LogP contribution in [0.3, 0.4) is 0 Å². The van der Waals surface area contributed by atoms with E-state index in [-0.39, 0.29) is 11.9 Å². The van der Waals surface area contributed by atoms with E-state index in [9.17, 15) is 4.79 Å². The highest BCUT2D eigenvalue weighted by atomic mass is 16.5. The number of para-hydroxylation sites is 1. The van der Waals surface area contributed by atoms with Crippen molar-refractivity contribution in [3.63, 3.8) is 0 Å². The number of aromatic nitrogens is 2. The van der Waals surface area contributed by atoms with E-state index in [1.54, 1.807) is 12.4 Å². The van der Waals surface area contributed by atoms with Crippen LogP contribution in [0.5, 0.6) is 5.75 Å². The Morgan fingerprint density at radius 3 is 2.44 bits per heavy atom. The normalized spacial score (nSPS) is 15.7. The van der Waals surface area contributed by atoms with Crippen molar-refractivity contribution >= 4 is 11.9 Å². The van der Waals surface area contributed by atoms with Gasteiger partial charge in [-0.05, 0) is 32.2 Å². The van der Waals surface area contributed by atoms with Crippen molar-refractivity contribution in [3.8, 4) is 5.75 Å². The average Bonchev–Trinajstić information content (AvgIpc) is 2.74. The summed E-state index contributed by atoms with van der Waals surface area (Å²) < 4.78 is 5.73. The number of nitrogens with zero attached hydrogens (tertiary/aromatic N) is 5. The first-order chi connectivity index (χ1) is 13.1. The zero-order chi connectivity index (χ0) is 19.1. The molecule has 1 aromatic carbocycles. The maximum Gasteiger partial charge on any atom is 0.239 e. The molecule has 3 rings (SSSR count). The number of benzene rings is 1. The van der Waals surface area contributed by atoms with Gasteiger partial charge < -0.3 is 14.5 Å². The molecule has 1 saturated heterocycles. The van der Waals surface area contributed by atoms with Gasteiger partial charge in [-0.1, -0.05) is 18.2 Å². The van der Waals surface area contributed by atoms with Crippen LogP contribution in [0.1, 0.15) is 6.92 Å². The van der Waals surface area contributed by atoms with Crippen molar-refractivity contribution in [1.82, 2.24) is 19.8 Å². The lowest BCUT2D eigenvalue weighted by Gasteiger charge is -2.37. The van der Waals surface area contributed by atoms with Crippen LogP contribution < -0.4 is 9.64 Å². The van der Waals surface area contributed by atoms with Crippen LogP contribution in [0.2, 0.25) is 0 Å². The molecule has 7 nitrogen and oxygen atoms in total. The molecule has 144 valence electrons.